The largest absolute Gasteiger partial charge is 0.478 e. The number of methoxy groups -OCH3 is 1. The highest BCUT2D eigenvalue weighted by atomic mass is 16.5. The summed E-state index contributed by atoms with van der Waals surface area (Å²) in [6, 6.07) is 0. The molecule has 6 nitrogen and oxygen atoms in total. The number of hydrogen-bond donors (Lipinski definition) is 2. The Morgan fingerprint density at radius 1 is 1.35 bits per heavy atom. The Balaban J connectivity index is 3.23. The van der Waals surface area contributed by atoms with Gasteiger partial charge in [0, 0.05) is 13.3 Å². The van der Waals surface area contributed by atoms with E-state index in [0.29, 0.717) is 0 Å². The van der Waals surface area contributed by atoms with Crippen molar-refractivity contribution in [3.63, 3.8) is 0 Å². The summed E-state index contributed by atoms with van der Waals surface area (Å²) in [5.74, 6) is -2.30. The molecule has 0 radical (unpaired) electrons. The summed E-state index contributed by atoms with van der Waals surface area (Å²) in [5, 5.41) is 18.0. The number of carboxylic acids is 2. The number of carbonyl (C=O) groups is 2. The molecule has 1 heterocycles. The quantitative estimate of drug-likeness (QED) is 0.752. The number of carboxylic acid groups (broad SMARTS) is 2. The smallest absolute Gasteiger partial charge is 0.337 e. The maximum absolute atomic E-state index is 11.1. The van der Waals surface area contributed by atoms with E-state index in [9.17, 15) is 9.59 Å². The first-order valence-electron chi connectivity index (χ1n) is 4.97. The highest BCUT2D eigenvalue weighted by Crippen LogP contribution is 2.30. The van der Waals surface area contributed by atoms with Gasteiger partial charge in [-0.15, -0.1) is 0 Å². The highest BCUT2D eigenvalue weighted by Gasteiger charge is 2.37. The van der Waals surface area contributed by atoms with Crippen LogP contribution < -0.4 is 0 Å². The van der Waals surface area contributed by atoms with Crippen molar-refractivity contribution in [3.05, 3.63) is 23.4 Å². The molecule has 0 aromatic carbocycles. The van der Waals surface area contributed by atoms with Crippen molar-refractivity contribution in [2.75, 3.05) is 13.8 Å². The molecule has 0 fully saturated rings. The number of rotatable bonds is 4. The lowest BCUT2D eigenvalue weighted by Crippen LogP contribution is -2.47. The number of aliphatic carboxylic acids is 2. The molecule has 0 aromatic heterocycles. The highest BCUT2D eigenvalue weighted by molar-refractivity contribution is 5.96. The van der Waals surface area contributed by atoms with Gasteiger partial charge in [0.25, 0.3) is 0 Å². The summed E-state index contributed by atoms with van der Waals surface area (Å²) in [4.78, 5) is 23.6. The fraction of sp³-hybridized carbons (Fsp3) is 0.455. The molecule has 0 spiro atoms. The third-order valence-corrected chi connectivity index (χ3v) is 2.72. The van der Waals surface area contributed by atoms with Crippen LogP contribution in [0.25, 0.3) is 0 Å². The zero-order chi connectivity index (χ0) is 13.2. The van der Waals surface area contributed by atoms with Gasteiger partial charge in [-0.25, -0.2) is 9.59 Å². The Labute approximate surface area is 98.8 Å². The third kappa shape index (κ3) is 2.47. The first-order valence-corrected chi connectivity index (χ1v) is 4.97. The summed E-state index contributed by atoms with van der Waals surface area (Å²) in [6.07, 6.45) is 2.56. The van der Waals surface area contributed by atoms with Gasteiger partial charge < -0.3 is 19.8 Å². The summed E-state index contributed by atoms with van der Waals surface area (Å²) in [5.41, 5.74) is -0.867. The molecule has 0 aliphatic carbocycles. The molecule has 1 aliphatic rings. The zero-order valence-corrected chi connectivity index (χ0v) is 9.93. The SMILES string of the molecule is COCN1C=C(C(=O)O)C=C(C(=O)O)C1(C)C. The van der Waals surface area contributed by atoms with E-state index in [1.165, 1.54) is 19.4 Å². The molecule has 0 bridgehead atoms. The lowest BCUT2D eigenvalue weighted by atomic mass is 9.88. The lowest BCUT2D eigenvalue weighted by Gasteiger charge is -2.40. The molecule has 2 N–H and O–H groups in total. The van der Waals surface area contributed by atoms with Crippen LogP contribution in [0.1, 0.15) is 13.8 Å². The van der Waals surface area contributed by atoms with E-state index in [4.69, 9.17) is 14.9 Å². The Kier molecular flexibility index (Phi) is 3.57. The van der Waals surface area contributed by atoms with E-state index >= 15 is 0 Å². The fourth-order valence-electron chi connectivity index (χ4n) is 1.63. The van der Waals surface area contributed by atoms with Crippen molar-refractivity contribution in [1.29, 1.82) is 0 Å². The van der Waals surface area contributed by atoms with Crippen molar-refractivity contribution in [3.8, 4) is 0 Å². The fourth-order valence-corrected chi connectivity index (χ4v) is 1.63. The minimum Gasteiger partial charge on any atom is -0.478 e. The molecule has 17 heavy (non-hydrogen) atoms. The number of nitrogens with zero attached hydrogens (tertiary/aromatic N) is 1. The van der Waals surface area contributed by atoms with Gasteiger partial charge in [-0.1, -0.05) is 0 Å². The van der Waals surface area contributed by atoms with Crippen molar-refractivity contribution < 1.29 is 24.5 Å². The minimum atomic E-state index is -1.17. The molecule has 0 atom stereocenters. The Bertz CT molecular complexity index is 408. The summed E-state index contributed by atoms with van der Waals surface area (Å²) >= 11 is 0. The topological polar surface area (TPSA) is 87.1 Å². The van der Waals surface area contributed by atoms with Crippen molar-refractivity contribution in [1.82, 2.24) is 4.90 Å². The van der Waals surface area contributed by atoms with Crippen LogP contribution in [0.5, 0.6) is 0 Å². The second kappa shape index (κ2) is 4.58. The predicted octanol–water partition coefficient (Wildman–Crippen LogP) is 0.664. The van der Waals surface area contributed by atoms with Crippen LogP contribution in [0.2, 0.25) is 0 Å². The van der Waals surface area contributed by atoms with Gasteiger partial charge in [0.1, 0.15) is 6.73 Å². The molecule has 1 aliphatic heterocycles. The third-order valence-electron chi connectivity index (χ3n) is 2.72. The van der Waals surface area contributed by atoms with Gasteiger partial charge in [-0.05, 0) is 19.9 Å². The second-order valence-electron chi connectivity index (χ2n) is 4.20. The first-order chi connectivity index (χ1) is 7.80. The second-order valence-corrected chi connectivity index (χ2v) is 4.20. The van der Waals surface area contributed by atoms with Crippen molar-refractivity contribution in [2.45, 2.75) is 19.4 Å². The van der Waals surface area contributed by atoms with E-state index in [-0.39, 0.29) is 17.9 Å². The molecule has 0 unspecified atom stereocenters. The molecule has 94 valence electrons. The average molecular weight is 241 g/mol. The van der Waals surface area contributed by atoms with Gasteiger partial charge in [-0.2, -0.15) is 0 Å². The van der Waals surface area contributed by atoms with E-state index in [1.54, 1.807) is 18.7 Å². The summed E-state index contributed by atoms with van der Waals surface area (Å²) < 4.78 is 4.94. The normalized spacial score (nSPS) is 18.4. The van der Waals surface area contributed by atoms with Crippen LogP contribution >= 0.6 is 0 Å². The van der Waals surface area contributed by atoms with Crippen LogP contribution in [0.3, 0.4) is 0 Å². The number of ether oxygens (including phenoxy) is 1. The molecule has 0 saturated heterocycles. The van der Waals surface area contributed by atoms with Crippen LogP contribution in [0, 0.1) is 0 Å². The standard InChI is InChI=1S/C11H15NO5/c1-11(2)8(10(15)16)4-7(9(13)14)5-12(11)6-17-3/h4-5H,6H2,1-3H3,(H,13,14)(H,15,16). The van der Waals surface area contributed by atoms with Crippen molar-refractivity contribution in [2.24, 2.45) is 0 Å². The maximum Gasteiger partial charge on any atom is 0.337 e. The zero-order valence-electron chi connectivity index (χ0n) is 9.93. The Morgan fingerprint density at radius 2 is 1.94 bits per heavy atom. The van der Waals surface area contributed by atoms with Crippen LogP contribution in [0.15, 0.2) is 23.4 Å². The van der Waals surface area contributed by atoms with Crippen molar-refractivity contribution >= 4 is 11.9 Å². The monoisotopic (exact) mass is 241 g/mol. The van der Waals surface area contributed by atoms with Gasteiger partial charge in [0.2, 0.25) is 0 Å². The molecular formula is C11H15NO5. The molecule has 0 saturated carbocycles. The van der Waals surface area contributed by atoms with Gasteiger partial charge >= 0.3 is 11.9 Å². The van der Waals surface area contributed by atoms with Gasteiger partial charge in [-0.3, -0.25) is 0 Å². The van der Waals surface area contributed by atoms with E-state index in [2.05, 4.69) is 0 Å². The van der Waals surface area contributed by atoms with E-state index in [0.717, 1.165) is 0 Å². The maximum atomic E-state index is 11.1. The summed E-state index contributed by atoms with van der Waals surface area (Å²) in [7, 11) is 1.46. The van der Waals surface area contributed by atoms with Gasteiger partial charge in [0.05, 0.1) is 16.7 Å². The first kappa shape index (κ1) is 13.2. The van der Waals surface area contributed by atoms with Crippen LogP contribution in [0.4, 0.5) is 0 Å². The molecular weight excluding hydrogens is 226 g/mol. The molecule has 0 aromatic rings. The van der Waals surface area contributed by atoms with Crippen LogP contribution in [-0.4, -0.2) is 46.4 Å². The lowest BCUT2D eigenvalue weighted by molar-refractivity contribution is -0.134. The van der Waals surface area contributed by atoms with E-state index in [1.807, 2.05) is 0 Å². The molecule has 6 heteroatoms. The average Bonchev–Trinajstić information content (AvgIpc) is 2.19. The number of hydrogen-bond acceptors (Lipinski definition) is 4. The Morgan fingerprint density at radius 3 is 2.35 bits per heavy atom. The Hall–Kier alpha value is -1.82. The molecule has 0 amide bonds. The molecule has 1 rings (SSSR count). The summed E-state index contributed by atoms with van der Waals surface area (Å²) in [6.45, 7) is 3.51. The van der Waals surface area contributed by atoms with E-state index < -0.39 is 17.5 Å². The van der Waals surface area contributed by atoms with Crippen LogP contribution in [-0.2, 0) is 14.3 Å². The predicted molar refractivity (Wildman–Crippen MR) is 59.2 cm³/mol. The minimum absolute atomic E-state index is 0.0226. The van der Waals surface area contributed by atoms with Gasteiger partial charge in [0.15, 0.2) is 0 Å².